The molecular formula is C22H16N4O4. The summed E-state index contributed by atoms with van der Waals surface area (Å²) in [6.45, 7) is 0.177. The number of fused-ring (bicyclic) bond motifs is 4. The Bertz CT molecular complexity index is 1250. The molecule has 0 spiro atoms. The molecule has 1 aliphatic rings. The number of carbonyl (C=O) groups excluding carboxylic acids is 1. The van der Waals surface area contributed by atoms with Crippen LogP contribution in [0.4, 0.5) is 10.7 Å². The molecule has 2 heterocycles. The van der Waals surface area contributed by atoms with Gasteiger partial charge < -0.3 is 9.84 Å². The van der Waals surface area contributed by atoms with Gasteiger partial charge in [0.2, 0.25) is 0 Å². The second kappa shape index (κ2) is 7.00. The van der Waals surface area contributed by atoms with Crippen LogP contribution in [0.1, 0.15) is 27.4 Å². The van der Waals surface area contributed by atoms with Crippen molar-refractivity contribution in [1.82, 2.24) is 14.6 Å². The lowest BCUT2D eigenvalue weighted by molar-refractivity contribution is 0.0696. The van der Waals surface area contributed by atoms with Crippen molar-refractivity contribution in [1.29, 1.82) is 0 Å². The summed E-state index contributed by atoms with van der Waals surface area (Å²) in [5.74, 6) is -1.08. The van der Waals surface area contributed by atoms with Gasteiger partial charge in [0.25, 0.3) is 5.95 Å². The highest BCUT2D eigenvalue weighted by Gasteiger charge is 2.29. The Kier molecular flexibility index (Phi) is 4.17. The zero-order valence-corrected chi connectivity index (χ0v) is 15.6. The van der Waals surface area contributed by atoms with E-state index in [2.05, 4.69) is 27.5 Å². The SMILES string of the molecule is O=C(Nc1nc2ccc(C(=O)O)cn2n1)OCC1c2ccccc2-c2ccccc21. The molecule has 0 radical (unpaired) electrons. The lowest BCUT2D eigenvalue weighted by Crippen LogP contribution is -2.18. The summed E-state index contributed by atoms with van der Waals surface area (Å²) >= 11 is 0. The number of benzene rings is 2. The number of hydrogen-bond acceptors (Lipinski definition) is 5. The zero-order chi connectivity index (χ0) is 20.7. The van der Waals surface area contributed by atoms with Crippen LogP contribution in [0.2, 0.25) is 0 Å². The van der Waals surface area contributed by atoms with Gasteiger partial charge in [-0.05, 0) is 34.4 Å². The molecule has 1 amide bonds. The first-order valence-corrected chi connectivity index (χ1v) is 9.32. The minimum absolute atomic E-state index is 0.0368. The number of ether oxygens (including phenoxy) is 1. The highest BCUT2D eigenvalue weighted by molar-refractivity contribution is 5.87. The molecule has 148 valence electrons. The number of pyridine rings is 1. The molecule has 5 rings (SSSR count). The van der Waals surface area contributed by atoms with Gasteiger partial charge in [-0.1, -0.05) is 48.5 Å². The van der Waals surface area contributed by atoms with Gasteiger partial charge in [-0.15, -0.1) is 5.10 Å². The van der Waals surface area contributed by atoms with E-state index in [0.717, 1.165) is 22.3 Å². The maximum atomic E-state index is 12.3. The fraction of sp³-hybridized carbons (Fsp3) is 0.0909. The van der Waals surface area contributed by atoms with Crippen molar-refractivity contribution in [2.45, 2.75) is 5.92 Å². The summed E-state index contributed by atoms with van der Waals surface area (Å²) in [7, 11) is 0. The molecule has 0 atom stereocenters. The molecule has 8 nitrogen and oxygen atoms in total. The normalized spacial score (nSPS) is 12.4. The minimum Gasteiger partial charge on any atom is -0.478 e. The molecule has 0 saturated heterocycles. The average molecular weight is 400 g/mol. The van der Waals surface area contributed by atoms with E-state index in [0.29, 0.717) is 5.65 Å². The van der Waals surface area contributed by atoms with Crippen LogP contribution < -0.4 is 5.32 Å². The fourth-order valence-corrected chi connectivity index (χ4v) is 3.79. The van der Waals surface area contributed by atoms with Crippen LogP contribution in [0.25, 0.3) is 16.8 Å². The predicted molar refractivity (Wildman–Crippen MR) is 109 cm³/mol. The number of nitrogens with one attached hydrogen (secondary N) is 1. The maximum absolute atomic E-state index is 12.3. The summed E-state index contributed by atoms with van der Waals surface area (Å²) in [5.41, 5.74) is 5.03. The first-order chi connectivity index (χ1) is 14.6. The Morgan fingerprint density at radius 2 is 1.67 bits per heavy atom. The second-order valence-corrected chi connectivity index (χ2v) is 6.91. The van der Waals surface area contributed by atoms with Crippen LogP contribution >= 0.6 is 0 Å². The van der Waals surface area contributed by atoms with Gasteiger partial charge in [-0.3, -0.25) is 5.32 Å². The Morgan fingerprint density at radius 1 is 1.00 bits per heavy atom. The number of rotatable bonds is 4. The summed E-state index contributed by atoms with van der Waals surface area (Å²) in [5, 5.41) is 15.6. The van der Waals surface area contributed by atoms with Crippen molar-refractivity contribution in [3.05, 3.63) is 83.6 Å². The van der Waals surface area contributed by atoms with Crippen LogP contribution in [0.3, 0.4) is 0 Å². The van der Waals surface area contributed by atoms with Crippen molar-refractivity contribution in [3.63, 3.8) is 0 Å². The summed E-state index contributed by atoms with van der Waals surface area (Å²) in [6, 6.07) is 19.1. The van der Waals surface area contributed by atoms with Crippen LogP contribution in [0, 0.1) is 0 Å². The van der Waals surface area contributed by atoms with Crippen LogP contribution in [0.15, 0.2) is 66.9 Å². The molecule has 0 fully saturated rings. The van der Waals surface area contributed by atoms with Gasteiger partial charge >= 0.3 is 12.1 Å². The molecule has 2 N–H and O–H groups in total. The maximum Gasteiger partial charge on any atom is 0.414 e. The van der Waals surface area contributed by atoms with Gasteiger partial charge in [-0.25, -0.2) is 14.1 Å². The van der Waals surface area contributed by atoms with Gasteiger partial charge in [0.1, 0.15) is 6.61 Å². The molecule has 1 aliphatic carbocycles. The second-order valence-electron chi connectivity index (χ2n) is 6.91. The van der Waals surface area contributed by atoms with Crippen molar-refractivity contribution in [2.75, 3.05) is 11.9 Å². The van der Waals surface area contributed by atoms with Crippen molar-refractivity contribution in [3.8, 4) is 11.1 Å². The van der Waals surface area contributed by atoms with E-state index in [1.165, 1.54) is 22.8 Å². The van der Waals surface area contributed by atoms with Crippen molar-refractivity contribution >= 4 is 23.7 Å². The lowest BCUT2D eigenvalue weighted by Gasteiger charge is -2.13. The molecular weight excluding hydrogens is 384 g/mol. The number of aromatic nitrogens is 3. The van der Waals surface area contributed by atoms with Crippen LogP contribution in [0.5, 0.6) is 0 Å². The molecule has 2 aromatic carbocycles. The predicted octanol–water partition coefficient (Wildman–Crippen LogP) is 3.79. The van der Waals surface area contributed by atoms with E-state index in [4.69, 9.17) is 9.84 Å². The number of carboxylic acids is 1. The van der Waals surface area contributed by atoms with Crippen LogP contribution in [-0.2, 0) is 4.74 Å². The number of anilines is 1. The summed E-state index contributed by atoms with van der Waals surface area (Å²) < 4.78 is 6.76. The first-order valence-electron chi connectivity index (χ1n) is 9.32. The Labute approximate surface area is 170 Å². The fourth-order valence-electron chi connectivity index (χ4n) is 3.79. The molecule has 0 unspecified atom stereocenters. The highest BCUT2D eigenvalue weighted by atomic mass is 16.5. The van der Waals surface area contributed by atoms with Crippen molar-refractivity contribution < 1.29 is 19.4 Å². The van der Waals surface area contributed by atoms with Crippen molar-refractivity contribution in [2.24, 2.45) is 0 Å². The minimum atomic E-state index is -1.07. The molecule has 2 aromatic heterocycles. The highest BCUT2D eigenvalue weighted by Crippen LogP contribution is 2.44. The lowest BCUT2D eigenvalue weighted by atomic mass is 9.98. The summed E-state index contributed by atoms with van der Waals surface area (Å²) in [4.78, 5) is 27.5. The number of nitrogens with zero attached hydrogens (tertiary/aromatic N) is 3. The largest absolute Gasteiger partial charge is 0.478 e. The third kappa shape index (κ3) is 3.04. The number of carboxylic acid groups (broad SMARTS) is 1. The Hall–Kier alpha value is -4.20. The Balaban J connectivity index is 1.31. The third-order valence-electron chi connectivity index (χ3n) is 5.14. The third-order valence-corrected chi connectivity index (χ3v) is 5.14. The zero-order valence-electron chi connectivity index (χ0n) is 15.6. The number of amides is 1. The van der Waals surface area contributed by atoms with Gasteiger partial charge in [0.15, 0.2) is 5.65 Å². The van der Waals surface area contributed by atoms with Gasteiger partial charge in [0.05, 0.1) is 5.56 Å². The van der Waals surface area contributed by atoms with Crippen LogP contribution in [-0.4, -0.2) is 38.4 Å². The number of aromatic carboxylic acids is 1. The quantitative estimate of drug-likeness (QED) is 0.540. The number of hydrogen-bond donors (Lipinski definition) is 2. The van der Waals surface area contributed by atoms with E-state index in [9.17, 15) is 9.59 Å². The Morgan fingerprint density at radius 3 is 2.33 bits per heavy atom. The topological polar surface area (TPSA) is 106 Å². The smallest absolute Gasteiger partial charge is 0.414 e. The number of carbonyl (C=O) groups is 2. The molecule has 8 heteroatoms. The van der Waals surface area contributed by atoms with E-state index in [1.54, 1.807) is 0 Å². The van der Waals surface area contributed by atoms with Gasteiger partial charge in [-0.2, -0.15) is 4.98 Å². The molecule has 0 saturated carbocycles. The van der Waals surface area contributed by atoms with Gasteiger partial charge in [0, 0.05) is 12.1 Å². The molecule has 30 heavy (non-hydrogen) atoms. The van der Waals surface area contributed by atoms with E-state index >= 15 is 0 Å². The monoisotopic (exact) mass is 400 g/mol. The first kappa shape index (κ1) is 17.9. The average Bonchev–Trinajstić information content (AvgIpc) is 3.30. The van der Waals surface area contributed by atoms with E-state index < -0.39 is 12.1 Å². The summed E-state index contributed by atoms with van der Waals surface area (Å²) in [6.07, 6.45) is 0.652. The molecule has 4 aromatic rings. The van der Waals surface area contributed by atoms with E-state index in [-0.39, 0.29) is 24.0 Å². The standard InChI is InChI=1S/C22H16N4O4/c27-20(28)13-9-10-19-23-21(25-26(19)11-13)24-22(29)30-12-18-16-7-3-1-5-14(16)15-6-2-4-8-17(15)18/h1-11,18H,12H2,(H,27,28)(H,24,25,29). The molecule has 0 aliphatic heterocycles. The van der Waals surface area contributed by atoms with E-state index in [1.807, 2.05) is 36.4 Å². The molecule has 0 bridgehead atoms.